The maximum Gasteiger partial charge on any atom is 0.216 e. The molecule has 3 N–H and O–H groups in total. The van der Waals surface area contributed by atoms with E-state index in [4.69, 9.17) is 0 Å². The molecule has 0 heterocycles. The molecule has 0 saturated heterocycles. The third-order valence-electron chi connectivity index (χ3n) is 3.65. The number of aliphatic imine (C=N–C) groups is 1. The molecule has 0 aliphatic carbocycles. The summed E-state index contributed by atoms with van der Waals surface area (Å²) >= 11 is 0. The molecule has 1 aromatic carbocycles. The summed E-state index contributed by atoms with van der Waals surface area (Å²) in [4.78, 5) is 4.61. The average Bonchev–Trinajstić information content (AvgIpc) is 2.51. The zero-order valence-corrected chi connectivity index (χ0v) is 20.2. The maximum absolute atomic E-state index is 12.2. The smallest absolute Gasteiger partial charge is 0.216 e. The number of rotatable bonds is 10. The number of hydrogen-bond acceptors (Lipinski definition) is 3. The van der Waals surface area contributed by atoms with Crippen molar-refractivity contribution in [3.8, 4) is 0 Å². The van der Waals surface area contributed by atoms with Crippen LogP contribution in [0.2, 0.25) is 0 Å². The summed E-state index contributed by atoms with van der Waals surface area (Å²) in [5.41, 5.74) is 1.70. The first kappa shape index (κ1) is 26.1. The van der Waals surface area contributed by atoms with E-state index in [0.717, 1.165) is 36.6 Å². The average molecular weight is 510 g/mol. The number of hydrogen-bond donors (Lipinski definition) is 3. The first-order chi connectivity index (χ1) is 12.2. The Hall–Kier alpha value is -0.870. The molecular weight excluding hydrogens is 475 g/mol. The van der Waals surface area contributed by atoms with E-state index in [1.807, 2.05) is 45.0 Å². The maximum atomic E-state index is 12.2. The number of halogens is 1. The Balaban J connectivity index is 0.00000676. The summed E-state index contributed by atoms with van der Waals surface area (Å²) in [5.74, 6) is 1.35. The molecule has 0 aliphatic heterocycles. The van der Waals surface area contributed by atoms with Crippen molar-refractivity contribution in [1.29, 1.82) is 0 Å². The van der Waals surface area contributed by atoms with E-state index < -0.39 is 10.0 Å². The molecule has 0 aromatic heterocycles. The second kappa shape index (κ2) is 13.3. The lowest BCUT2D eigenvalue weighted by molar-refractivity contribution is 0.569. The van der Waals surface area contributed by atoms with Crippen LogP contribution >= 0.6 is 24.0 Å². The lowest BCUT2D eigenvalue weighted by atomic mass is 10.1. The topological polar surface area (TPSA) is 82.6 Å². The molecule has 27 heavy (non-hydrogen) atoms. The van der Waals surface area contributed by atoms with Gasteiger partial charge in [0.25, 0.3) is 0 Å². The normalized spacial score (nSPS) is 12.2. The minimum atomic E-state index is -3.36. The molecule has 0 aliphatic rings. The van der Waals surface area contributed by atoms with Crippen molar-refractivity contribution < 1.29 is 8.42 Å². The Bertz CT molecular complexity index is 676. The fraction of sp³-hybridized carbons (Fsp3) is 0.632. The number of sulfonamides is 1. The van der Waals surface area contributed by atoms with Gasteiger partial charge in [-0.05, 0) is 44.2 Å². The van der Waals surface area contributed by atoms with Gasteiger partial charge < -0.3 is 10.6 Å². The second-order valence-corrected chi connectivity index (χ2v) is 8.86. The van der Waals surface area contributed by atoms with Gasteiger partial charge >= 0.3 is 0 Å². The van der Waals surface area contributed by atoms with Crippen LogP contribution in [-0.4, -0.2) is 33.5 Å². The zero-order chi connectivity index (χ0) is 19.6. The third-order valence-corrected chi connectivity index (χ3v) is 5.17. The van der Waals surface area contributed by atoms with E-state index in [-0.39, 0.29) is 35.8 Å². The summed E-state index contributed by atoms with van der Waals surface area (Å²) in [6.45, 7) is 12.1. The minimum absolute atomic E-state index is 0. The summed E-state index contributed by atoms with van der Waals surface area (Å²) in [6, 6.07) is 7.44. The van der Waals surface area contributed by atoms with Gasteiger partial charge in [0, 0.05) is 19.1 Å². The molecule has 0 saturated carbocycles. The van der Waals surface area contributed by atoms with Crippen LogP contribution in [0.3, 0.4) is 0 Å². The Morgan fingerprint density at radius 3 is 2.26 bits per heavy atom. The molecule has 1 aromatic rings. The van der Waals surface area contributed by atoms with Crippen molar-refractivity contribution in [2.75, 3.05) is 13.1 Å². The SMILES string of the molecule is CCNC(=NCc1ccccc1CS(=O)(=O)NC(C)C)NCCC(C)C.I. The fourth-order valence-corrected chi connectivity index (χ4v) is 3.94. The van der Waals surface area contributed by atoms with Gasteiger partial charge in [-0.15, -0.1) is 24.0 Å². The predicted molar refractivity (Wildman–Crippen MR) is 125 cm³/mol. The first-order valence-corrected chi connectivity index (χ1v) is 11.0. The second-order valence-electron chi connectivity index (χ2n) is 7.10. The van der Waals surface area contributed by atoms with E-state index in [2.05, 4.69) is 34.2 Å². The lowest BCUT2D eigenvalue weighted by Crippen LogP contribution is -2.38. The van der Waals surface area contributed by atoms with E-state index in [9.17, 15) is 8.42 Å². The molecule has 0 amide bonds. The highest BCUT2D eigenvalue weighted by Gasteiger charge is 2.15. The van der Waals surface area contributed by atoms with Gasteiger partial charge in [0.15, 0.2) is 5.96 Å². The monoisotopic (exact) mass is 510 g/mol. The Morgan fingerprint density at radius 2 is 1.70 bits per heavy atom. The van der Waals surface area contributed by atoms with Gasteiger partial charge in [-0.25, -0.2) is 18.1 Å². The molecule has 0 radical (unpaired) electrons. The molecule has 8 heteroatoms. The Morgan fingerprint density at radius 1 is 1.07 bits per heavy atom. The van der Waals surface area contributed by atoms with Crippen LogP contribution in [0.15, 0.2) is 29.3 Å². The molecule has 0 spiro atoms. The van der Waals surface area contributed by atoms with Crippen LogP contribution in [0.5, 0.6) is 0 Å². The van der Waals surface area contributed by atoms with Gasteiger partial charge in [0.05, 0.1) is 12.3 Å². The van der Waals surface area contributed by atoms with E-state index >= 15 is 0 Å². The number of nitrogens with one attached hydrogen (secondary N) is 3. The molecule has 1 rings (SSSR count). The highest BCUT2D eigenvalue weighted by molar-refractivity contribution is 14.0. The largest absolute Gasteiger partial charge is 0.357 e. The van der Waals surface area contributed by atoms with Crippen LogP contribution < -0.4 is 15.4 Å². The van der Waals surface area contributed by atoms with Crippen molar-refractivity contribution >= 4 is 40.0 Å². The molecule has 0 unspecified atom stereocenters. The molecule has 0 atom stereocenters. The molecule has 156 valence electrons. The standard InChI is InChI=1S/C19H34N4O2S.HI/c1-6-20-19(21-12-11-15(2)3)22-13-17-9-7-8-10-18(17)14-26(24,25)23-16(4)5;/h7-10,15-16,23H,6,11-14H2,1-5H3,(H2,20,21,22);1H. The van der Waals surface area contributed by atoms with Crippen LogP contribution in [0.1, 0.15) is 52.2 Å². The van der Waals surface area contributed by atoms with Crippen LogP contribution in [0, 0.1) is 5.92 Å². The van der Waals surface area contributed by atoms with E-state index in [0.29, 0.717) is 12.5 Å². The Labute approximate surface area is 182 Å². The van der Waals surface area contributed by atoms with Crippen LogP contribution in [0.25, 0.3) is 0 Å². The quantitative estimate of drug-likeness (QED) is 0.257. The fourth-order valence-electron chi connectivity index (χ4n) is 2.44. The van der Waals surface area contributed by atoms with Gasteiger partial charge in [0.2, 0.25) is 10.0 Å². The minimum Gasteiger partial charge on any atom is -0.357 e. The van der Waals surface area contributed by atoms with Crippen molar-refractivity contribution in [1.82, 2.24) is 15.4 Å². The summed E-state index contributed by atoms with van der Waals surface area (Å²) in [5, 5.41) is 6.55. The van der Waals surface area contributed by atoms with Crippen LogP contribution in [-0.2, 0) is 22.3 Å². The lowest BCUT2D eigenvalue weighted by Gasteiger charge is -2.14. The van der Waals surface area contributed by atoms with Crippen molar-refractivity contribution in [2.45, 2.75) is 59.4 Å². The van der Waals surface area contributed by atoms with Gasteiger partial charge in [-0.3, -0.25) is 0 Å². The van der Waals surface area contributed by atoms with E-state index in [1.54, 1.807) is 0 Å². The summed E-state index contributed by atoms with van der Waals surface area (Å²) < 4.78 is 27.1. The Kier molecular flexibility index (Phi) is 12.9. The first-order valence-electron chi connectivity index (χ1n) is 9.32. The van der Waals surface area contributed by atoms with Crippen molar-refractivity contribution in [3.05, 3.63) is 35.4 Å². The molecule has 0 fully saturated rings. The zero-order valence-electron chi connectivity index (χ0n) is 17.1. The number of nitrogens with zero attached hydrogens (tertiary/aromatic N) is 1. The highest BCUT2D eigenvalue weighted by atomic mass is 127. The van der Waals surface area contributed by atoms with Gasteiger partial charge in [-0.2, -0.15) is 0 Å². The van der Waals surface area contributed by atoms with E-state index in [1.165, 1.54) is 0 Å². The number of guanidine groups is 1. The third kappa shape index (κ3) is 11.5. The van der Waals surface area contributed by atoms with Gasteiger partial charge in [-0.1, -0.05) is 38.1 Å². The number of benzene rings is 1. The van der Waals surface area contributed by atoms with Crippen molar-refractivity contribution in [3.63, 3.8) is 0 Å². The summed E-state index contributed by atoms with van der Waals surface area (Å²) in [6.07, 6.45) is 1.07. The molecule has 6 nitrogen and oxygen atoms in total. The van der Waals surface area contributed by atoms with Gasteiger partial charge in [0.1, 0.15) is 0 Å². The molecule has 0 bridgehead atoms. The molecular formula is C19H35IN4O2S. The predicted octanol–water partition coefficient (Wildman–Crippen LogP) is 3.23. The summed E-state index contributed by atoms with van der Waals surface area (Å²) in [7, 11) is -3.36. The van der Waals surface area contributed by atoms with Crippen molar-refractivity contribution in [2.24, 2.45) is 10.9 Å². The van der Waals surface area contributed by atoms with Crippen LogP contribution in [0.4, 0.5) is 0 Å². The highest BCUT2D eigenvalue weighted by Crippen LogP contribution is 2.13.